The molecule has 2 aromatic rings. The van der Waals surface area contributed by atoms with Gasteiger partial charge in [0.2, 0.25) is 11.8 Å². The molecule has 0 aliphatic rings. The quantitative estimate of drug-likeness (QED) is 0.366. The predicted molar refractivity (Wildman–Crippen MR) is 122 cm³/mol. The smallest absolute Gasteiger partial charge is 0.246 e. The van der Waals surface area contributed by atoms with Gasteiger partial charge in [-0.05, 0) is 69.0 Å². The number of anilines is 1. The SMILES string of the molecule is Cc1ccc(NC(=O)[C@@H](CCCCN)NC(=O)[C@H](N)Cc2ccc(O)cc2)cc1.Cl. The maximum absolute atomic E-state index is 12.7. The highest BCUT2D eigenvalue weighted by Crippen LogP contribution is 2.13. The number of carbonyl (C=O) groups is 2. The van der Waals surface area contributed by atoms with E-state index in [2.05, 4.69) is 10.6 Å². The molecule has 0 bridgehead atoms. The maximum atomic E-state index is 12.7. The lowest BCUT2D eigenvalue weighted by Gasteiger charge is -2.21. The van der Waals surface area contributed by atoms with Crippen LogP contribution in [-0.2, 0) is 16.0 Å². The van der Waals surface area contributed by atoms with Gasteiger partial charge in [0.05, 0.1) is 6.04 Å². The Labute approximate surface area is 183 Å². The van der Waals surface area contributed by atoms with Crippen molar-refractivity contribution in [2.75, 3.05) is 11.9 Å². The van der Waals surface area contributed by atoms with E-state index in [4.69, 9.17) is 11.5 Å². The average molecular weight is 435 g/mol. The normalized spacial score (nSPS) is 12.4. The van der Waals surface area contributed by atoms with E-state index in [0.717, 1.165) is 24.0 Å². The Kier molecular flexibility index (Phi) is 10.9. The number of phenolic OH excluding ortho intramolecular Hbond substituents is 1. The maximum Gasteiger partial charge on any atom is 0.246 e. The number of aryl methyl sites for hydroxylation is 1. The van der Waals surface area contributed by atoms with Gasteiger partial charge in [0.25, 0.3) is 0 Å². The summed E-state index contributed by atoms with van der Waals surface area (Å²) in [6.07, 6.45) is 2.27. The summed E-state index contributed by atoms with van der Waals surface area (Å²) in [5.74, 6) is -0.523. The van der Waals surface area contributed by atoms with E-state index in [9.17, 15) is 14.7 Å². The molecule has 0 unspecified atom stereocenters. The van der Waals surface area contributed by atoms with Gasteiger partial charge >= 0.3 is 0 Å². The van der Waals surface area contributed by atoms with Crippen molar-refractivity contribution in [3.8, 4) is 5.75 Å². The lowest BCUT2D eigenvalue weighted by atomic mass is 10.0. The molecule has 7 nitrogen and oxygen atoms in total. The molecule has 2 aromatic carbocycles. The van der Waals surface area contributed by atoms with Crippen molar-refractivity contribution in [3.05, 3.63) is 59.7 Å². The minimum Gasteiger partial charge on any atom is -0.508 e. The second kappa shape index (κ2) is 12.8. The highest BCUT2D eigenvalue weighted by molar-refractivity contribution is 5.97. The fraction of sp³-hybridized carbons (Fsp3) is 0.364. The molecular formula is C22H31ClN4O3. The zero-order valence-electron chi connectivity index (χ0n) is 17.1. The van der Waals surface area contributed by atoms with E-state index in [-0.39, 0.29) is 24.1 Å². The molecule has 0 spiro atoms. The van der Waals surface area contributed by atoms with Crippen LogP contribution in [0, 0.1) is 6.92 Å². The number of hydrogen-bond donors (Lipinski definition) is 5. The molecule has 0 saturated heterocycles. The highest BCUT2D eigenvalue weighted by atomic mass is 35.5. The van der Waals surface area contributed by atoms with Crippen molar-refractivity contribution in [1.82, 2.24) is 5.32 Å². The zero-order valence-corrected chi connectivity index (χ0v) is 18.0. The van der Waals surface area contributed by atoms with Crippen molar-refractivity contribution in [3.63, 3.8) is 0 Å². The van der Waals surface area contributed by atoms with Crippen LogP contribution in [0.15, 0.2) is 48.5 Å². The summed E-state index contributed by atoms with van der Waals surface area (Å²) in [5, 5.41) is 15.0. The number of benzene rings is 2. The summed E-state index contributed by atoms with van der Waals surface area (Å²) in [4.78, 5) is 25.3. The number of nitrogens with two attached hydrogens (primary N) is 2. The van der Waals surface area contributed by atoms with Crippen LogP contribution < -0.4 is 22.1 Å². The summed E-state index contributed by atoms with van der Waals surface area (Å²) >= 11 is 0. The lowest BCUT2D eigenvalue weighted by molar-refractivity contribution is -0.127. The summed E-state index contributed by atoms with van der Waals surface area (Å²) < 4.78 is 0. The van der Waals surface area contributed by atoms with Gasteiger partial charge in [0.15, 0.2) is 0 Å². The van der Waals surface area contributed by atoms with Crippen LogP contribution in [0.1, 0.15) is 30.4 Å². The van der Waals surface area contributed by atoms with Crippen molar-refractivity contribution in [2.45, 2.75) is 44.7 Å². The van der Waals surface area contributed by atoms with E-state index in [1.54, 1.807) is 24.3 Å². The Balaban J connectivity index is 0.00000450. The topological polar surface area (TPSA) is 130 Å². The number of halogens is 1. The molecule has 8 heteroatoms. The predicted octanol–water partition coefficient (Wildman–Crippen LogP) is 2.24. The van der Waals surface area contributed by atoms with E-state index < -0.39 is 18.0 Å². The molecule has 2 amide bonds. The monoisotopic (exact) mass is 434 g/mol. The number of rotatable bonds is 10. The minimum atomic E-state index is -0.802. The second-order valence-corrected chi connectivity index (χ2v) is 7.18. The van der Waals surface area contributed by atoms with Gasteiger partial charge in [-0.15, -0.1) is 12.4 Å². The summed E-state index contributed by atoms with van der Waals surface area (Å²) in [5.41, 5.74) is 14.2. The van der Waals surface area contributed by atoms with Crippen LogP contribution in [0.2, 0.25) is 0 Å². The molecule has 2 atom stereocenters. The molecule has 7 N–H and O–H groups in total. The third-order valence-corrected chi connectivity index (χ3v) is 4.63. The number of phenols is 1. The number of hydrogen-bond acceptors (Lipinski definition) is 5. The fourth-order valence-electron chi connectivity index (χ4n) is 2.89. The van der Waals surface area contributed by atoms with Crippen LogP contribution in [0.25, 0.3) is 0 Å². The minimum absolute atomic E-state index is 0. The van der Waals surface area contributed by atoms with Crippen LogP contribution in [0.4, 0.5) is 5.69 Å². The largest absolute Gasteiger partial charge is 0.508 e. The molecular weight excluding hydrogens is 404 g/mol. The molecule has 0 aliphatic heterocycles. The molecule has 0 aliphatic carbocycles. The third-order valence-electron chi connectivity index (χ3n) is 4.63. The van der Waals surface area contributed by atoms with Crippen LogP contribution in [0.3, 0.4) is 0 Å². The summed E-state index contributed by atoms with van der Waals surface area (Å²) in [6, 6.07) is 12.5. The first-order valence-corrected chi connectivity index (χ1v) is 9.80. The molecule has 0 saturated carbocycles. The average Bonchev–Trinajstić information content (AvgIpc) is 2.70. The molecule has 0 fully saturated rings. The Morgan fingerprint density at radius 1 is 1.00 bits per heavy atom. The molecule has 0 aromatic heterocycles. The fourth-order valence-corrected chi connectivity index (χ4v) is 2.89. The van der Waals surface area contributed by atoms with Gasteiger partial charge in [-0.3, -0.25) is 9.59 Å². The van der Waals surface area contributed by atoms with Gasteiger partial charge < -0.3 is 27.2 Å². The summed E-state index contributed by atoms with van der Waals surface area (Å²) in [7, 11) is 0. The van der Waals surface area contributed by atoms with E-state index in [0.29, 0.717) is 25.1 Å². The number of amides is 2. The van der Waals surface area contributed by atoms with Gasteiger partial charge in [0.1, 0.15) is 11.8 Å². The van der Waals surface area contributed by atoms with Gasteiger partial charge in [-0.25, -0.2) is 0 Å². The van der Waals surface area contributed by atoms with Crippen molar-refractivity contribution < 1.29 is 14.7 Å². The van der Waals surface area contributed by atoms with Crippen molar-refractivity contribution >= 4 is 29.9 Å². The van der Waals surface area contributed by atoms with Crippen LogP contribution in [-0.4, -0.2) is 35.5 Å². The third kappa shape index (κ3) is 8.41. The Morgan fingerprint density at radius 3 is 2.23 bits per heavy atom. The zero-order chi connectivity index (χ0) is 21.2. The Bertz CT molecular complexity index is 797. The lowest BCUT2D eigenvalue weighted by Crippen LogP contribution is -2.50. The first-order chi connectivity index (χ1) is 13.9. The van der Waals surface area contributed by atoms with E-state index in [1.807, 2.05) is 31.2 Å². The van der Waals surface area contributed by atoms with E-state index >= 15 is 0 Å². The number of carbonyl (C=O) groups excluding carboxylic acids is 2. The second-order valence-electron chi connectivity index (χ2n) is 7.18. The Morgan fingerprint density at radius 2 is 1.63 bits per heavy atom. The summed E-state index contributed by atoms with van der Waals surface area (Å²) in [6.45, 7) is 2.50. The Hall–Kier alpha value is -2.61. The van der Waals surface area contributed by atoms with Gasteiger partial charge in [0, 0.05) is 5.69 Å². The number of unbranched alkanes of at least 4 members (excludes halogenated alkanes) is 1. The standard InChI is InChI=1S/C22H30N4O3.ClH/c1-15-5-9-17(10-6-15)25-22(29)20(4-2-3-13-23)26-21(28)19(24)14-16-7-11-18(27)12-8-16;/h5-12,19-20,27H,2-4,13-14,23-24H2,1H3,(H,25,29)(H,26,28);1H/t19-,20-;/m1./s1. The molecule has 164 valence electrons. The number of nitrogens with one attached hydrogen (secondary N) is 2. The van der Waals surface area contributed by atoms with Gasteiger partial charge in [-0.1, -0.05) is 29.8 Å². The van der Waals surface area contributed by atoms with Gasteiger partial charge in [-0.2, -0.15) is 0 Å². The first-order valence-electron chi connectivity index (χ1n) is 9.80. The molecule has 30 heavy (non-hydrogen) atoms. The first kappa shape index (κ1) is 25.4. The molecule has 0 radical (unpaired) electrons. The van der Waals surface area contributed by atoms with Crippen molar-refractivity contribution in [1.29, 1.82) is 0 Å². The van der Waals surface area contributed by atoms with Crippen LogP contribution in [0.5, 0.6) is 5.75 Å². The van der Waals surface area contributed by atoms with E-state index in [1.165, 1.54) is 0 Å². The van der Waals surface area contributed by atoms with Crippen molar-refractivity contribution in [2.24, 2.45) is 11.5 Å². The highest BCUT2D eigenvalue weighted by Gasteiger charge is 2.23. The molecule has 2 rings (SSSR count). The number of aromatic hydroxyl groups is 1. The van der Waals surface area contributed by atoms with Crippen LogP contribution >= 0.6 is 12.4 Å². The molecule has 0 heterocycles.